The number of nitrogen functional groups attached to an aromatic ring is 2. The molecular weight excluding hydrogens is 414 g/mol. The molecule has 156 valence electrons. The Morgan fingerprint density at radius 1 is 0.452 bits per heavy atom. The molecule has 0 aliphatic carbocycles. The van der Waals surface area contributed by atoms with Crippen LogP contribution in [0.15, 0.2) is 109 Å². The minimum atomic E-state index is -0.436. The summed E-state index contributed by atoms with van der Waals surface area (Å²) < 4.78 is 0. The zero-order valence-electron chi connectivity index (χ0n) is 17.6. The van der Waals surface area contributed by atoms with Crippen LogP contribution in [-0.2, 0) is 0 Å². The number of anilines is 2. The van der Waals surface area contributed by atoms with Crippen LogP contribution in [0.3, 0.4) is 0 Å². The highest BCUT2D eigenvalue weighted by atomic mass is 31.1. The quantitative estimate of drug-likeness (QED) is 0.304. The van der Waals surface area contributed by atoms with Gasteiger partial charge in [-0.2, -0.15) is 0 Å². The molecule has 0 aliphatic heterocycles. The summed E-state index contributed by atoms with van der Waals surface area (Å²) in [4.78, 5) is 0. The van der Waals surface area contributed by atoms with Crippen molar-refractivity contribution in [2.75, 3.05) is 23.8 Å². The Kier molecular flexibility index (Phi) is 7.36. The molecule has 0 aromatic heterocycles. The molecule has 4 N–H and O–H groups in total. The standard InChI is InChI=1S/C27H28N2P2/c28-22-10-7-16-26(20-22)30(24-12-3-1-4-13-24)18-9-19-31(25-14-5-2-6-15-25)27-17-8-11-23(29)21-27/h1-8,10-17,20-21H,9,18-19,28-29H2. The van der Waals surface area contributed by atoms with E-state index in [1.54, 1.807) is 0 Å². The van der Waals surface area contributed by atoms with E-state index in [-0.39, 0.29) is 0 Å². The molecule has 4 rings (SSSR count). The molecule has 0 bridgehead atoms. The zero-order valence-corrected chi connectivity index (χ0v) is 19.4. The van der Waals surface area contributed by atoms with Gasteiger partial charge in [-0.15, -0.1) is 0 Å². The second-order valence-corrected chi connectivity index (χ2v) is 12.2. The molecule has 2 atom stereocenters. The molecule has 0 radical (unpaired) electrons. The summed E-state index contributed by atoms with van der Waals surface area (Å²) >= 11 is 0. The Bertz CT molecular complexity index is 1010. The first kappa shape index (κ1) is 21.6. The molecule has 0 amide bonds. The maximum atomic E-state index is 6.12. The van der Waals surface area contributed by atoms with Gasteiger partial charge < -0.3 is 11.5 Å². The van der Waals surface area contributed by atoms with Gasteiger partial charge in [-0.1, -0.05) is 84.9 Å². The largest absolute Gasteiger partial charge is 0.399 e. The molecular formula is C27H28N2P2. The van der Waals surface area contributed by atoms with Gasteiger partial charge in [0.15, 0.2) is 0 Å². The lowest BCUT2D eigenvalue weighted by Crippen LogP contribution is -2.18. The highest BCUT2D eigenvalue weighted by molar-refractivity contribution is 7.74. The highest BCUT2D eigenvalue weighted by Gasteiger charge is 2.17. The summed E-state index contributed by atoms with van der Waals surface area (Å²) in [6, 6.07) is 38.6. The van der Waals surface area contributed by atoms with Crippen molar-refractivity contribution in [3.8, 4) is 0 Å². The van der Waals surface area contributed by atoms with Crippen LogP contribution in [0.2, 0.25) is 0 Å². The van der Waals surface area contributed by atoms with Crippen LogP contribution < -0.4 is 32.7 Å². The van der Waals surface area contributed by atoms with Crippen molar-refractivity contribution in [2.24, 2.45) is 0 Å². The van der Waals surface area contributed by atoms with E-state index in [2.05, 4.69) is 97.1 Å². The zero-order chi connectivity index (χ0) is 21.5. The fraction of sp³-hybridized carbons (Fsp3) is 0.111. The van der Waals surface area contributed by atoms with E-state index in [1.807, 2.05) is 12.1 Å². The number of hydrogen-bond acceptors (Lipinski definition) is 2. The molecule has 0 saturated carbocycles. The van der Waals surface area contributed by atoms with Crippen LogP contribution >= 0.6 is 15.8 Å². The van der Waals surface area contributed by atoms with Gasteiger partial charge in [-0.25, -0.2) is 0 Å². The van der Waals surface area contributed by atoms with Gasteiger partial charge in [0.25, 0.3) is 0 Å². The summed E-state index contributed by atoms with van der Waals surface area (Å²) in [5.74, 6) is 0. The van der Waals surface area contributed by atoms with Crippen LogP contribution in [-0.4, -0.2) is 12.3 Å². The van der Waals surface area contributed by atoms with E-state index < -0.39 is 15.8 Å². The third kappa shape index (κ3) is 5.73. The van der Waals surface area contributed by atoms with Crippen molar-refractivity contribution in [2.45, 2.75) is 6.42 Å². The van der Waals surface area contributed by atoms with E-state index in [1.165, 1.54) is 21.2 Å². The van der Waals surface area contributed by atoms with Crippen LogP contribution in [0.5, 0.6) is 0 Å². The number of nitrogens with two attached hydrogens (primary N) is 2. The van der Waals surface area contributed by atoms with Gasteiger partial charge >= 0.3 is 0 Å². The van der Waals surface area contributed by atoms with E-state index in [4.69, 9.17) is 11.5 Å². The fourth-order valence-electron chi connectivity index (χ4n) is 3.80. The third-order valence-corrected chi connectivity index (χ3v) is 10.4. The monoisotopic (exact) mass is 442 g/mol. The van der Waals surface area contributed by atoms with Crippen molar-refractivity contribution in [3.63, 3.8) is 0 Å². The Morgan fingerprint density at radius 2 is 0.839 bits per heavy atom. The van der Waals surface area contributed by atoms with Gasteiger partial charge in [0.05, 0.1) is 0 Å². The molecule has 4 heteroatoms. The van der Waals surface area contributed by atoms with Crippen LogP contribution in [0.4, 0.5) is 11.4 Å². The molecule has 4 aromatic rings. The average molecular weight is 442 g/mol. The molecule has 4 aromatic carbocycles. The van der Waals surface area contributed by atoms with Gasteiger partial charge in [-0.3, -0.25) is 0 Å². The van der Waals surface area contributed by atoms with E-state index in [0.29, 0.717) is 0 Å². The summed E-state index contributed by atoms with van der Waals surface area (Å²) in [7, 11) is -0.872. The summed E-state index contributed by atoms with van der Waals surface area (Å²) in [6.07, 6.45) is 3.46. The lowest BCUT2D eigenvalue weighted by atomic mass is 10.3. The molecule has 0 fully saturated rings. The molecule has 2 unspecified atom stereocenters. The summed E-state index contributed by atoms with van der Waals surface area (Å²) in [5.41, 5.74) is 13.9. The van der Waals surface area contributed by atoms with Crippen molar-refractivity contribution in [3.05, 3.63) is 109 Å². The van der Waals surface area contributed by atoms with E-state index >= 15 is 0 Å². The smallest absolute Gasteiger partial charge is 0.0320 e. The predicted molar refractivity (Wildman–Crippen MR) is 141 cm³/mol. The van der Waals surface area contributed by atoms with E-state index in [0.717, 1.165) is 30.1 Å². The van der Waals surface area contributed by atoms with Crippen molar-refractivity contribution in [1.29, 1.82) is 0 Å². The maximum Gasteiger partial charge on any atom is 0.0320 e. The molecule has 2 nitrogen and oxygen atoms in total. The minimum Gasteiger partial charge on any atom is -0.399 e. The van der Waals surface area contributed by atoms with Gasteiger partial charge in [-0.05, 0) is 80.1 Å². The third-order valence-electron chi connectivity index (χ3n) is 5.26. The van der Waals surface area contributed by atoms with Gasteiger partial charge in [0.1, 0.15) is 0 Å². The number of rotatable bonds is 8. The van der Waals surface area contributed by atoms with Crippen LogP contribution in [0.1, 0.15) is 6.42 Å². The number of hydrogen-bond donors (Lipinski definition) is 2. The lowest BCUT2D eigenvalue weighted by molar-refractivity contribution is 1.11. The summed E-state index contributed by atoms with van der Waals surface area (Å²) in [6.45, 7) is 0. The Morgan fingerprint density at radius 3 is 1.23 bits per heavy atom. The summed E-state index contributed by atoms with van der Waals surface area (Å²) in [5, 5.41) is 5.54. The molecule has 31 heavy (non-hydrogen) atoms. The van der Waals surface area contributed by atoms with E-state index in [9.17, 15) is 0 Å². The molecule has 0 saturated heterocycles. The topological polar surface area (TPSA) is 52.0 Å². The van der Waals surface area contributed by atoms with Crippen molar-refractivity contribution >= 4 is 48.4 Å². The second kappa shape index (κ2) is 10.6. The van der Waals surface area contributed by atoms with Gasteiger partial charge in [0, 0.05) is 11.4 Å². The molecule has 0 spiro atoms. The Labute approximate surface area is 187 Å². The van der Waals surface area contributed by atoms with Crippen LogP contribution in [0, 0.1) is 0 Å². The first-order valence-corrected chi connectivity index (χ1v) is 13.6. The SMILES string of the molecule is Nc1cccc(P(CCCP(c2ccccc2)c2cccc(N)c2)c2ccccc2)c1. The average Bonchev–Trinajstić information content (AvgIpc) is 2.80. The minimum absolute atomic E-state index is 0.436. The predicted octanol–water partition coefficient (Wildman–Crippen LogP) is 4.81. The van der Waals surface area contributed by atoms with Crippen molar-refractivity contribution in [1.82, 2.24) is 0 Å². The highest BCUT2D eigenvalue weighted by Crippen LogP contribution is 2.39. The van der Waals surface area contributed by atoms with Crippen LogP contribution in [0.25, 0.3) is 0 Å². The molecule has 0 heterocycles. The maximum absolute atomic E-state index is 6.12. The second-order valence-electron chi connectivity index (χ2n) is 7.52. The first-order chi connectivity index (χ1) is 15.2. The number of benzene rings is 4. The van der Waals surface area contributed by atoms with Gasteiger partial charge in [0.2, 0.25) is 0 Å². The van der Waals surface area contributed by atoms with Crippen molar-refractivity contribution < 1.29 is 0 Å². The lowest BCUT2D eigenvalue weighted by Gasteiger charge is -2.22. The normalized spacial score (nSPS) is 12.9. The first-order valence-electron chi connectivity index (χ1n) is 10.6. The molecule has 0 aliphatic rings. The Hall–Kier alpha value is -2.66. The fourth-order valence-corrected chi connectivity index (χ4v) is 8.84. The Balaban J connectivity index is 1.57.